The minimum atomic E-state index is 0.282. The maximum absolute atomic E-state index is 9.11. The van der Waals surface area contributed by atoms with Crippen molar-refractivity contribution in [1.29, 1.82) is 0 Å². The molecular formula is C20H44NO3+. The summed E-state index contributed by atoms with van der Waals surface area (Å²) in [5.41, 5.74) is 0. The van der Waals surface area contributed by atoms with Gasteiger partial charge in [0.1, 0.15) is 0 Å². The first kappa shape index (κ1) is 23.8. The minimum absolute atomic E-state index is 0.282. The average molecular weight is 347 g/mol. The van der Waals surface area contributed by atoms with E-state index in [2.05, 4.69) is 6.92 Å². The quantitative estimate of drug-likeness (QED) is 0.248. The lowest BCUT2D eigenvalue weighted by Gasteiger charge is -2.39. The summed E-state index contributed by atoms with van der Waals surface area (Å²) in [4.78, 5) is 0. The third-order valence-electron chi connectivity index (χ3n) is 5.11. The molecule has 0 amide bonds. The second-order valence-electron chi connectivity index (χ2n) is 7.30. The van der Waals surface area contributed by atoms with Gasteiger partial charge in [-0.1, -0.05) is 32.6 Å². The molecule has 4 nitrogen and oxygen atoms in total. The number of aliphatic hydroxyl groups excluding tert-OH is 3. The summed E-state index contributed by atoms with van der Waals surface area (Å²) < 4.78 is 1.12. The molecule has 0 aliphatic carbocycles. The standard InChI is InChI=1S/C20H44NO3/c1-2-3-4-5-6-7-14-21(15-8-11-18-22,16-9-12-19-23)17-10-13-20-24/h22-24H,2-20H2,1H3/q+1. The smallest absolute Gasteiger partial charge is 0.0787 e. The molecule has 0 heterocycles. The zero-order valence-corrected chi connectivity index (χ0v) is 16.2. The Bertz CT molecular complexity index is 223. The second kappa shape index (κ2) is 17.7. The number of unbranched alkanes of at least 4 members (excludes halogenated alkanes) is 8. The summed E-state index contributed by atoms with van der Waals surface area (Å²) in [7, 11) is 0. The van der Waals surface area contributed by atoms with E-state index in [9.17, 15) is 0 Å². The van der Waals surface area contributed by atoms with E-state index in [0.29, 0.717) is 0 Å². The van der Waals surface area contributed by atoms with Gasteiger partial charge < -0.3 is 19.8 Å². The van der Waals surface area contributed by atoms with Gasteiger partial charge in [0.05, 0.1) is 26.2 Å². The van der Waals surface area contributed by atoms with Crippen molar-refractivity contribution in [3.05, 3.63) is 0 Å². The molecule has 3 N–H and O–H groups in total. The highest BCUT2D eigenvalue weighted by atomic mass is 16.3. The van der Waals surface area contributed by atoms with Gasteiger partial charge in [0.2, 0.25) is 0 Å². The van der Waals surface area contributed by atoms with Crippen molar-refractivity contribution >= 4 is 0 Å². The molecule has 0 aliphatic rings. The first-order valence-electron chi connectivity index (χ1n) is 10.4. The molecule has 0 aromatic heterocycles. The highest BCUT2D eigenvalue weighted by Crippen LogP contribution is 2.17. The van der Waals surface area contributed by atoms with Crippen LogP contribution in [0.2, 0.25) is 0 Å². The number of aliphatic hydroxyl groups is 3. The molecule has 24 heavy (non-hydrogen) atoms. The van der Waals surface area contributed by atoms with Crippen molar-refractivity contribution in [2.24, 2.45) is 0 Å². The first-order chi connectivity index (χ1) is 11.7. The SMILES string of the molecule is CCCCCCCC[N+](CCCCO)(CCCCO)CCCCO. The zero-order valence-electron chi connectivity index (χ0n) is 16.2. The molecule has 0 fully saturated rings. The lowest BCUT2D eigenvalue weighted by molar-refractivity contribution is -0.929. The Kier molecular flexibility index (Phi) is 17.5. The van der Waals surface area contributed by atoms with Crippen molar-refractivity contribution in [2.75, 3.05) is 46.0 Å². The van der Waals surface area contributed by atoms with Crippen LogP contribution < -0.4 is 0 Å². The Balaban J connectivity index is 4.48. The summed E-state index contributed by atoms with van der Waals surface area (Å²) in [6, 6.07) is 0. The molecule has 0 atom stereocenters. The van der Waals surface area contributed by atoms with E-state index >= 15 is 0 Å². The third kappa shape index (κ3) is 13.2. The molecular weight excluding hydrogens is 302 g/mol. The number of nitrogens with zero attached hydrogens (tertiary/aromatic N) is 1. The molecule has 4 heteroatoms. The van der Waals surface area contributed by atoms with Crippen LogP contribution in [0.5, 0.6) is 0 Å². The predicted octanol–water partition coefficient (Wildman–Crippen LogP) is 3.48. The van der Waals surface area contributed by atoms with Crippen molar-refractivity contribution in [2.45, 2.75) is 84.0 Å². The van der Waals surface area contributed by atoms with Crippen LogP contribution in [-0.2, 0) is 0 Å². The number of quaternary nitrogens is 1. The molecule has 0 aromatic rings. The molecule has 0 rings (SSSR count). The molecule has 146 valence electrons. The Morgan fingerprint density at radius 1 is 0.458 bits per heavy atom. The maximum atomic E-state index is 9.11. The number of hydrogen-bond acceptors (Lipinski definition) is 3. The predicted molar refractivity (Wildman–Crippen MR) is 102 cm³/mol. The van der Waals surface area contributed by atoms with Crippen LogP contribution >= 0.6 is 0 Å². The van der Waals surface area contributed by atoms with Crippen LogP contribution in [0.15, 0.2) is 0 Å². The van der Waals surface area contributed by atoms with Crippen LogP contribution in [0.25, 0.3) is 0 Å². The van der Waals surface area contributed by atoms with E-state index in [0.717, 1.165) is 62.6 Å². The second-order valence-corrected chi connectivity index (χ2v) is 7.30. The molecule has 0 radical (unpaired) electrons. The fraction of sp³-hybridized carbons (Fsp3) is 1.00. The van der Waals surface area contributed by atoms with E-state index in [1.807, 2.05) is 0 Å². The molecule has 0 saturated heterocycles. The van der Waals surface area contributed by atoms with E-state index < -0.39 is 0 Å². The lowest BCUT2D eigenvalue weighted by Crippen LogP contribution is -2.51. The van der Waals surface area contributed by atoms with Crippen LogP contribution in [0, 0.1) is 0 Å². The molecule has 0 bridgehead atoms. The largest absolute Gasteiger partial charge is 0.396 e. The van der Waals surface area contributed by atoms with Gasteiger partial charge in [0.25, 0.3) is 0 Å². The van der Waals surface area contributed by atoms with Gasteiger partial charge in [-0.3, -0.25) is 0 Å². The van der Waals surface area contributed by atoms with Gasteiger partial charge in [0.15, 0.2) is 0 Å². The van der Waals surface area contributed by atoms with Crippen molar-refractivity contribution in [1.82, 2.24) is 0 Å². The minimum Gasteiger partial charge on any atom is -0.396 e. The Morgan fingerprint density at radius 2 is 0.792 bits per heavy atom. The van der Waals surface area contributed by atoms with E-state index in [4.69, 9.17) is 15.3 Å². The normalized spacial score (nSPS) is 12.0. The van der Waals surface area contributed by atoms with Gasteiger partial charge in [-0.15, -0.1) is 0 Å². The highest BCUT2D eigenvalue weighted by Gasteiger charge is 2.25. The number of hydrogen-bond donors (Lipinski definition) is 3. The number of rotatable bonds is 19. The maximum Gasteiger partial charge on any atom is 0.0787 e. The summed E-state index contributed by atoms with van der Waals surface area (Å²) in [6.45, 7) is 7.71. The van der Waals surface area contributed by atoms with Crippen molar-refractivity contribution in [3.8, 4) is 0 Å². The zero-order chi connectivity index (χ0) is 17.9. The molecule has 0 aromatic carbocycles. The van der Waals surface area contributed by atoms with E-state index in [1.54, 1.807) is 0 Å². The average Bonchev–Trinajstić information content (AvgIpc) is 2.58. The van der Waals surface area contributed by atoms with Gasteiger partial charge in [0, 0.05) is 19.8 Å². The van der Waals surface area contributed by atoms with Crippen LogP contribution in [0.1, 0.15) is 84.0 Å². The summed E-state index contributed by atoms with van der Waals surface area (Å²) in [5.74, 6) is 0. The van der Waals surface area contributed by atoms with E-state index in [-0.39, 0.29) is 19.8 Å². The van der Waals surface area contributed by atoms with Crippen LogP contribution in [-0.4, -0.2) is 65.8 Å². The van der Waals surface area contributed by atoms with Crippen LogP contribution in [0.4, 0.5) is 0 Å². The van der Waals surface area contributed by atoms with Gasteiger partial charge >= 0.3 is 0 Å². The topological polar surface area (TPSA) is 60.7 Å². The van der Waals surface area contributed by atoms with Crippen LogP contribution in [0.3, 0.4) is 0 Å². The van der Waals surface area contributed by atoms with E-state index in [1.165, 1.54) is 45.1 Å². The van der Waals surface area contributed by atoms with Crippen molar-refractivity contribution < 1.29 is 19.8 Å². The fourth-order valence-electron chi connectivity index (χ4n) is 3.58. The summed E-state index contributed by atoms with van der Waals surface area (Å²) >= 11 is 0. The fourth-order valence-corrected chi connectivity index (χ4v) is 3.58. The monoisotopic (exact) mass is 346 g/mol. The summed E-state index contributed by atoms with van der Waals surface area (Å²) in [5, 5.41) is 27.3. The molecule has 0 spiro atoms. The van der Waals surface area contributed by atoms with Gasteiger partial charge in [-0.25, -0.2) is 0 Å². The Hall–Kier alpha value is -0.160. The Morgan fingerprint density at radius 3 is 1.17 bits per heavy atom. The molecule has 0 saturated carbocycles. The summed E-state index contributed by atoms with van der Waals surface area (Å²) in [6.07, 6.45) is 13.8. The lowest BCUT2D eigenvalue weighted by atomic mass is 10.1. The highest BCUT2D eigenvalue weighted by molar-refractivity contribution is 4.52. The molecule has 0 aliphatic heterocycles. The molecule has 0 unspecified atom stereocenters. The Labute approximate surface area is 150 Å². The van der Waals surface area contributed by atoms with Gasteiger partial charge in [-0.2, -0.15) is 0 Å². The third-order valence-corrected chi connectivity index (χ3v) is 5.11. The van der Waals surface area contributed by atoms with Gasteiger partial charge in [-0.05, 0) is 51.4 Å². The first-order valence-corrected chi connectivity index (χ1v) is 10.4. The van der Waals surface area contributed by atoms with Crippen molar-refractivity contribution in [3.63, 3.8) is 0 Å².